The molecule has 1 heterocycles. The predicted molar refractivity (Wildman–Crippen MR) is 64.3 cm³/mol. The Morgan fingerprint density at radius 2 is 2.12 bits per heavy atom. The van der Waals surface area contributed by atoms with Crippen LogP contribution < -0.4 is 10.1 Å². The first-order valence-corrected chi connectivity index (χ1v) is 5.62. The van der Waals surface area contributed by atoms with Crippen LogP contribution in [0.15, 0.2) is 12.1 Å². The zero-order valence-electron chi connectivity index (χ0n) is 9.76. The van der Waals surface area contributed by atoms with E-state index in [-0.39, 0.29) is 5.54 Å². The van der Waals surface area contributed by atoms with Gasteiger partial charge in [0.05, 0.1) is 30.9 Å². The van der Waals surface area contributed by atoms with E-state index in [2.05, 4.69) is 12.2 Å². The van der Waals surface area contributed by atoms with Crippen LogP contribution in [0.1, 0.15) is 11.1 Å². The molecule has 1 saturated heterocycles. The molecule has 1 aromatic rings. The first-order chi connectivity index (χ1) is 7.63. The van der Waals surface area contributed by atoms with Crippen molar-refractivity contribution in [3.63, 3.8) is 0 Å². The summed E-state index contributed by atoms with van der Waals surface area (Å²) in [6.45, 7) is 3.44. The van der Waals surface area contributed by atoms with E-state index in [9.17, 15) is 0 Å². The van der Waals surface area contributed by atoms with Gasteiger partial charge in [0, 0.05) is 0 Å². The highest BCUT2D eigenvalue weighted by atomic mass is 35.5. The number of benzene rings is 1. The Morgan fingerprint density at radius 1 is 1.44 bits per heavy atom. The van der Waals surface area contributed by atoms with Crippen LogP contribution in [0.5, 0.6) is 5.75 Å². The Kier molecular flexibility index (Phi) is 3.10. The summed E-state index contributed by atoms with van der Waals surface area (Å²) in [6.07, 6.45) is 0. The van der Waals surface area contributed by atoms with Crippen LogP contribution in [0.3, 0.4) is 0 Å². The third-order valence-electron chi connectivity index (χ3n) is 3.19. The molecule has 0 amide bonds. The molecule has 4 heteroatoms. The molecule has 0 unspecified atom stereocenters. The maximum atomic E-state index is 6.15. The van der Waals surface area contributed by atoms with Gasteiger partial charge in [-0.25, -0.2) is 0 Å². The average molecular weight is 242 g/mol. The Balaban J connectivity index is 2.45. The normalized spacial score (nSPS) is 18.0. The Labute approximate surface area is 101 Å². The van der Waals surface area contributed by atoms with Crippen molar-refractivity contribution in [3.05, 3.63) is 28.3 Å². The van der Waals surface area contributed by atoms with E-state index in [4.69, 9.17) is 21.1 Å². The molecule has 1 N–H and O–H groups in total. The summed E-state index contributed by atoms with van der Waals surface area (Å²) in [7, 11) is 3.57. The minimum Gasteiger partial charge on any atom is -0.495 e. The fraction of sp³-hybridized carbons (Fsp3) is 0.500. The summed E-state index contributed by atoms with van der Waals surface area (Å²) in [4.78, 5) is 0. The fourth-order valence-electron chi connectivity index (χ4n) is 2.07. The van der Waals surface area contributed by atoms with E-state index in [0.717, 1.165) is 5.75 Å². The summed E-state index contributed by atoms with van der Waals surface area (Å²) in [5, 5.41) is 3.96. The van der Waals surface area contributed by atoms with Crippen LogP contribution in [-0.4, -0.2) is 27.4 Å². The molecule has 1 fully saturated rings. The lowest BCUT2D eigenvalue weighted by molar-refractivity contribution is -0.0750. The molecule has 2 rings (SSSR count). The third-order valence-corrected chi connectivity index (χ3v) is 3.49. The number of likely N-dealkylation sites (N-methyl/N-ethyl adjacent to an activating group) is 1. The van der Waals surface area contributed by atoms with Crippen molar-refractivity contribution in [2.45, 2.75) is 12.5 Å². The zero-order valence-corrected chi connectivity index (χ0v) is 10.5. The van der Waals surface area contributed by atoms with E-state index in [1.807, 2.05) is 19.2 Å². The lowest BCUT2D eigenvalue weighted by atomic mass is 9.85. The van der Waals surface area contributed by atoms with Gasteiger partial charge in [0.15, 0.2) is 0 Å². The Bertz CT molecular complexity index is 397. The molecule has 0 spiro atoms. The largest absolute Gasteiger partial charge is 0.495 e. The van der Waals surface area contributed by atoms with E-state index in [0.29, 0.717) is 18.2 Å². The molecule has 3 nitrogen and oxygen atoms in total. The first-order valence-electron chi connectivity index (χ1n) is 5.24. The number of methoxy groups -OCH3 is 1. The van der Waals surface area contributed by atoms with Gasteiger partial charge < -0.3 is 14.8 Å². The Hall–Kier alpha value is -0.770. The molecule has 1 aliphatic rings. The number of hydrogen-bond acceptors (Lipinski definition) is 3. The summed E-state index contributed by atoms with van der Waals surface area (Å²) < 4.78 is 10.5. The van der Waals surface area contributed by atoms with Crippen LogP contribution in [0.2, 0.25) is 5.02 Å². The maximum Gasteiger partial charge on any atom is 0.137 e. The quantitative estimate of drug-likeness (QED) is 0.879. The van der Waals surface area contributed by atoms with Gasteiger partial charge in [0.25, 0.3) is 0 Å². The van der Waals surface area contributed by atoms with Crippen LogP contribution in [0, 0.1) is 6.92 Å². The molecule has 0 radical (unpaired) electrons. The number of nitrogens with one attached hydrogen (secondary N) is 1. The SMILES string of the molecule is CNC1(c2cc(Cl)c(OC)cc2C)COC1. The molecule has 0 atom stereocenters. The molecular weight excluding hydrogens is 226 g/mol. The van der Waals surface area contributed by atoms with Crippen molar-refractivity contribution in [2.24, 2.45) is 0 Å². The average Bonchev–Trinajstić information content (AvgIpc) is 2.22. The zero-order chi connectivity index (χ0) is 11.8. The highest BCUT2D eigenvalue weighted by molar-refractivity contribution is 6.32. The van der Waals surface area contributed by atoms with Crippen LogP contribution in [0.4, 0.5) is 0 Å². The number of ether oxygens (including phenoxy) is 2. The lowest BCUT2D eigenvalue weighted by Crippen LogP contribution is -2.56. The van der Waals surface area contributed by atoms with Crippen molar-refractivity contribution in [1.29, 1.82) is 0 Å². The van der Waals surface area contributed by atoms with Crippen molar-refractivity contribution in [1.82, 2.24) is 5.32 Å². The second-order valence-corrected chi connectivity index (χ2v) is 4.53. The molecule has 0 bridgehead atoms. The Morgan fingerprint density at radius 3 is 2.56 bits per heavy atom. The standard InChI is InChI=1S/C12H16ClNO2/c1-8-4-11(15-3)10(13)5-9(8)12(14-2)6-16-7-12/h4-5,14H,6-7H2,1-3H3. The number of halogens is 1. The highest BCUT2D eigenvalue weighted by Gasteiger charge is 2.40. The predicted octanol–water partition coefficient (Wildman–Crippen LogP) is 2.10. The second kappa shape index (κ2) is 4.24. The van der Waals surface area contributed by atoms with Gasteiger partial charge in [-0.3, -0.25) is 0 Å². The molecule has 88 valence electrons. The van der Waals surface area contributed by atoms with Crippen LogP contribution in [0.25, 0.3) is 0 Å². The van der Waals surface area contributed by atoms with Gasteiger partial charge >= 0.3 is 0 Å². The van der Waals surface area contributed by atoms with Crippen molar-refractivity contribution in [3.8, 4) is 5.75 Å². The van der Waals surface area contributed by atoms with Crippen molar-refractivity contribution < 1.29 is 9.47 Å². The van der Waals surface area contributed by atoms with E-state index >= 15 is 0 Å². The van der Waals surface area contributed by atoms with Gasteiger partial charge in [0.2, 0.25) is 0 Å². The molecule has 1 aliphatic heterocycles. The minimum absolute atomic E-state index is 0.0833. The van der Waals surface area contributed by atoms with Gasteiger partial charge in [-0.2, -0.15) is 0 Å². The van der Waals surface area contributed by atoms with Gasteiger partial charge in [-0.15, -0.1) is 0 Å². The third kappa shape index (κ3) is 1.69. The van der Waals surface area contributed by atoms with Crippen molar-refractivity contribution in [2.75, 3.05) is 27.4 Å². The number of hydrogen-bond donors (Lipinski definition) is 1. The summed E-state index contributed by atoms with van der Waals surface area (Å²) >= 11 is 6.15. The number of aryl methyl sites for hydroxylation is 1. The van der Waals surface area contributed by atoms with E-state index in [1.165, 1.54) is 11.1 Å². The first kappa shape index (κ1) is 11.7. The smallest absolute Gasteiger partial charge is 0.137 e. The highest BCUT2D eigenvalue weighted by Crippen LogP contribution is 2.36. The summed E-state index contributed by atoms with van der Waals surface area (Å²) in [5.74, 6) is 0.717. The number of rotatable bonds is 3. The molecule has 16 heavy (non-hydrogen) atoms. The molecule has 0 aliphatic carbocycles. The van der Waals surface area contributed by atoms with E-state index in [1.54, 1.807) is 7.11 Å². The summed E-state index contributed by atoms with van der Waals surface area (Å²) in [5.41, 5.74) is 2.27. The lowest BCUT2D eigenvalue weighted by Gasteiger charge is -2.42. The topological polar surface area (TPSA) is 30.5 Å². The van der Waals surface area contributed by atoms with E-state index < -0.39 is 0 Å². The van der Waals surface area contributed by atoms with Crippen LogP contribution >= 0.6 is 11.6 Å². The summed E-state index contributed by atoms with van der Waals surface area (Å²) in [6, 6.07) is 3.93. The monoisotopic (exact) mass is 241 g/mol. The minimum atomic E-state index is -0.0833. The maximum absolute atomic E-state index is 6.15. The molecule has 1 aromatic carbocycles. The molecular formula is C12H16ClNO2. The van der Waals surface area contributed by atoms with Gasteiger partial charge in [0.1, 0.15) is 5.75 Å². The van der Waals surface area contributed by atoms with Gasteiger partial charge in [-0.05, 0) is 37.2 Å². The van der Waals surface area contributed by atoms with Gasteiger partial charge in [-0.1, -0.05) is 11.6 Å². The van der Waals surface area contributed by atoms with Crippen molar-refractivity contribution >= 4 is 11.6 Å². The molecule has 0 saturated carbocycles. The second-order valence-electron chi connectivity index (χ2n) is 4.13. The molecule has 0 aromatic heterocycles. The fourth-order valence-corrected chi connectivity index (χ4v) is 2.31. The van der Waals surface area contributed by atoms with Crippen LogP contribution in [-0.2, 0) is 10.3 Å².